The zero-order valence-corrected chi connectivity index (χ0v) is 81.1. The topological polar surface area (TPSA) is 643 Å². The first-order chi connectivity index (χ1) is 67.1. The van der Waals surface area contributed by atoms with E-state index in [4.69, 9.17) is 22.6 Å². The van der Waals surface area contributed by atoms with E-state index in [1.54, 1.807) is 157 Å². The van der Waals surface area contributed by atoms with E-state index in [9.17, 15) is 53.7 Å². The molecule has 0 spiro atoms. The molecule has 1 fully saturated rings. The largest absolute Gasteiger partial charge is 0.508 e. The molecule has 7 aromatic rings. The molecular formula is C99H131N21O20S. The van der Waals surface area contributed by atoms with Gasteiger partial charge >= 0.3 is 5.97 Å². The van der Waals surface area contributed by atoms with E-state index in [1.807, 2.05) is 30.3 Å². The van der Waals surface area contributed by atoms with Gasteiger partial charge in [-0.3, -0.25) is 86.9 Å². The molecule has 141 heavy (non-hydrogen) atoms. The maximum absolute atomic E-state index is 15.6. The molecule has 0 unspecified atom stereocenters. The van der Waals surface area contributed by atoms with Crippen LogP contribution >= 0.6 is 11.8 Å². The van der Waals surface area contributed by atoms with Crippen molar-refractivity contribution in [3.05, 3.63) is 198 Å². The van der Waals surface area contributed by atoms with Gasteiger partial charge in [0.25, 0.3) is 0 Å². The Labute approximate surface area is 821 Å². The predicted octanol–water partition coefficient (Wildman–Crippen LogP) is -0.279. The first kappa shape index (κ1) is 111. The lowest BCUT2D eigenvalue weighted by Crippen LogP contribution is -2.62. The summed E-state index contributed by atoms with van der Waals surface area (Å²) in [6.45, 7) is 9.24. The first-order valence-corrected chi connectivity index (χ1v) is 47.7. The number of rotatable bonds is 28. The number of nitrogens with two attached hydrogens (primary N) is 3. The molecule has 2 heterocycles. The van der Waals surface area contributed by atoms with Gasteiger partial charge in [0.15, 0.2) is 5.96 Å². The van der Waals surface area contributed by atoms with Gasteiger partial charge in [-0.05, 0) is 120 Å². The molecule has 0 bridgehead atoms. The summed E-state index contributed by atoms with van der Waals surface area (Å²) < 4.78 is 0. The summed E-state index contributed by atoms with van der Waals surface area (Å²) in [7, 11) is 2.61. The van der Waals surface area contributed by atoms with Crippen LogP contribution in [0.1, 0.15) is 115 Å². The number of carboxylic acids is 1. The number of phenolic OH excluding ortho intramolecular Hbond substituents is 1. The number of para-hydroxylation sites is 1. The van der Waals surface area contributed by atoms with Crippen molar-refractivity contribution >= 4 is 129 Å². The minimum atomic E-state index is -2.08. The summed E-state index contributed by atoms with van der Waals surface area (Å²) >= 11 is 0.713. The highest BCUT2D eigenvalue weighted by molar-refractivity contribution is 8.00. The van der Waals surface area contributed by atoms with Crippen LogP contribution in [0.25, 0.3) is 22.0 Å². The number of primary amides is 1. The van der Waals surface area contributed by atoms with E-state index in [1.165, 1.54) is 45.3 Å². The fraction of sp³-hybridized carbons (Fsp3) is 0.434. The zero-order valence-electron chi connectivity index (χ0n) is 80.3. The average Bonchev–Trinajstić information content (AvgIpc) is 1.68. The molecule has 0 aliphatic carbocycles. The lowest BCUT2D eigenvalue weighted by atomic mass is 9.98. The van der Waals surface area contributed by atoms with Crippen molar-refractivity contribution in [1.82, 2.24) is 89.2 Å². The molecule has 41 nitrogen and oxygen atoms in total. The number of carbonyl (C=O) groups is 17. The lowest BCUT2D eigenvalue weighted by Gasteiger charge is -2.35. The van der Waals surface area contributed by atoms with Gasteiger partial charge in [0.2, 0.25) is 94.5 Å². The molecule has 16 amide bonds. The van der Waals surface area contributed by atoms with Crippen LogP contribution in [-0.2, 0) is 114 Å². The quantitative estimate of drug-likeness (QED) is 0.0170. The number of thioether (sulfide) groups is 1. The highest BCUT2D eigenvalue weighted by Gasteiger charge is 2.42. The molecule has 14 atom stereocenters. The Morgan fingerprint density at radius 3 is 1.45 bits per heavy atom. The summed E-state index contributed by atoms with van der Waals surface area (Å²) in [6.07, 6.45) is -1.34. The van der Waals surface area contributed by atoms with Crippen molar-refractivity contribution < 1.29 is 96.8 Å². The second-order valence-corrected chi connectivity index (χ2v) is 36.9. The van der Waals surface area contributed by atoms with Crippen LogP contribution in [0.2, 0.25) is 0 Å². The van der Waals surface area contributed by atoms with Crippen LogP contribution in [0.5, 0.6) is 5.75 Å². The van der Waals surface area contributed by atoms with Gasteiger partial charge in [-0.1, -0.05) is 187 Å². The predicted molar refractivity (Wildman–Crippen MR) is 527 cm³/mol. The number of aromatic hydroxyl groups is 1. The van der Waals surface area contributed by atoms with E-state index in [0.29, 0.717) is 50.5 Å². The number of carbonyl (C=O) groups excluding carboxylic acids is 16. The van der Waals surface area contributed by atoms with E-state index in [-0.39, 0.29) is 82.5 Å². The number of amides is 16. The van der Waals surface area contributed by atoms with Crippen LogP contribution in [-0.4, -0.2) is 273 Å². The maximum Gasteiger partial charge on any atom is 0.305 e. The van der Waals surface area contributed by atoms with Gasteiger partial charge in [-0.25, -0.2) is 0 Å². The van der Waals surface area contributed by atoms with E-state index in [0.717, 1.165) is 20.9 Å². The number of aliphatic hydroxyl groups is 1. The second kappa shape index (κ2) is 55.1. The molecule has 1 aliphatic rings. The molecule has 8 rings (SSSR count). The highest BCUT2D eigenvalue weighted by atomic mass is 32.2. The van der Waals surface area contributed by atoms with Gasteiger partial charge < -0.3 is 122 Å². The Kier molecular flexibility index (Phi) is 43.6. The Morgan fingerprint density at radius 1 is 0.468 bits per heavy atom. The Morgan fingerprint density at radius 2 is 0.908 bits per heavy atom. The van der Waals surface area contributed by atoms with Crippen molar-refractivity contribution in [2.24, 2.45) is 35.0 Å². The van der Waals surface area contributed by atoms with Crippen molar-refractivity contribution in [3.63, 3.8) is 0 Å². The molecule has 25 N–H and O–H groups in total. The summed E-state index contributed by atoms with van der Waals surface area (Å²) in [5.41, 5.74) is 21.6. The molecule has 0 radical (unpaired) electrons. The summed E-state index contributed by atoms with van der Waals surface area (Å²) in [4.78, 5) is 255. The van der Waals surface area contributed by atoms with Crippen molar-refractivity contribution in [2.75, 3.05) is 51.8 Å². The number of aromatic amines is 1. The fourth-order valence-corrected chi connectivity index (χ4v) is 16.6. The lowest BCUT2D eigenvalue weighted by molar-refractivity contribution is -0.148. The number of aliphatic carboxylic acids is 1. The number of hydrogen-bond donors (Lipinski definition) is 22. The fourth-order valence-electron chi connectivity index (χ4n) is 15.7. The minimum Gasteiger partial charge on any atom is -0.508 e. The summed E-state index contributed by atoms with van der Waals surface area (Å²) in [6, 6.07) is 22.6. The van der Waals surface area contributed by atoms with E-state index in [2.05, 4.69) is 79.4 Å². The van der Waals surface area contributed by atoms with Crippen molar-refractivity contribution in [3.8, 4) is 16.9 Å². The average molecular weight is 1970 g/mol. The van der Waals surface area contributed by atoms with Gasteiger partial charge in [0.05, 0.1) is 25.3 Å². The molecule has 6 aromatic carbocycles. The standard InChI is InChI=1S/C99H131N21O20S/c1-55(2)43-71-91(133)117-84(57(5)6)96(138)115-77(52-121)93(135)116-78(85(127)106-51-80(101)123)53-141-54-81(124)107-72(44-59-23-13-10-14-24-59)87(129)111-73(46-62-35-39-66(122)40-36-62)89(131)113-76(49-82(125)126)90(132)112-75(48-65-50-105-68-30-20-19-29-67(65)68)92(134)118-83(56(3)4)95(137)114-74(45-61-33-37-64(38-34-61)63-27-17-12-18-28-63)88(130)109-70(32-22-42-104-99(102)103)98(140)119(8)58(7)97(139)120(9)79(47-60-25-15-11-16-26-60)94(136)108-69(31-21-41-100)86(128)110-71/h10-20,23-30,33-40,50,55-58,69-79,83-84,105,121-122H,21-22,31-32,41-49,51-54,100H2,1-9H3,(H2,101,123)(H,106,127)(H,107,124)(H,108,136)(H,109,130)(H,110,128)(H,111,129)(H,112,132)(H,113,131)(H,114,137)(H,115,138)(H,116,135)(H,117,133)(H,118,134)(H,125,126)(H4,102,103,104)/t58-,69-,70-,71-,72-,73-,74-,75-,76-,77-,78-,79-,83-,84-/m0/s1. The van der Waals surface area contributed by atoms with Crippen LogP contribution in [0, 0.1) is 23.2 Å². The highest BCUT2D eigenvalue weighted by Crippen LogP contribution is 2.25. The number of nitrogens with one attached hydrogen (secondary N) is 16. The summed E-state index contributed by atoms with van der Waals surface area (Å²) in [5.74, 6) is -21.3. The monoisotopic (exact) mass is 1970 g/mol. The molecule has 1 aliphatic heterocycles. The molecular weight excluding hydrogens is 1840 g/mol. The van der Waals surface area contributed by atoms with Crippen LogP contribution < -0.4 is 91.6 Å². The second-order valence-electron chi connectivity index (χ2n) is 35.8. The number of guanidine groups is 1. The number of likely N-dealkylation sites (N-methyl/N-ethyl adjacent to an activating group) is 2. The third-order valence-electron chi connectivity index (χ3n) is 23.7. The Balaban J connectivity index is 1.23. The molecule has 0 saturated carbocycles. The van der Waals surface area contributed by atoms with Crippen LogP contribution in [0.3, 0.4) is 0 Å². The van der Waals surface area contributed by atoms with Gasteiger partial charge in [0, 0.05) is 75.6 Å². The van der Waals surface area contributed by atoms with Crippen LogP contribution in [0.15, 0.2) is 170 Å². The number of hydrogen-bond acceptors (Lipinski definition) is 22. The number of carboxylic acid groups (broad SMARTS) is 1. The van der Waals surface area contributed by atoms with Crippen molar-refractivity contribution in [1.29, 1.82) is 5.41 Å². The van der Waals surface area contributed by atoms with E-state index < -0.39 is 240 Å². The summed E-state index contributed by atoms with van der Waals surface area (Å²) in [5, 5.41) is 76.8. The van der Waals surface area contributed by atoms with Gasteiger partial charge in [-0.2, -0.15) is 0 Å². The third kappa shape index (κ3) is 34.9. The minimum absolute atomic E-state index is 0.00869. The molecule has 758 valence electrons. The van der Waals surface area contributed by atoms with Gasteiger partial charge in [-0.15, -0.1) is 11.8 Å². The number of H-pyrrole nitrogens is 1. The Hall–Kier alpha value is -14.8. The zero-order chi connectivity index (χ0) is 103. The molecule has 1 saturated heterocycles. The van der Waals surface area contributed by atoms with Crippen molar-refractivity contribution in [2.45, 2.75) is 204 Å². The van der Waals surface area contributed by atoms with Gasteiger partial charge in [0.1, 0.15) is 90.3 Å². The number of benzene rings is 6. The SMILES string of the molecule is CC(C)C[C@@H]1NC(=O)[C@H](CCCN)NC(=O)[C@H](Cc2ccccc2)N(C)C(=O)[C@H](C)N(C)C(=O)[C@H](CCCNC(=N)N)NC(=O)[C@H](Cc2ccc(-c3ccccc3)cc2)NC(=O)[C@H](C(C)C)NC(=O)[C@H](Cc2c[nH]c3ccccc23)NC(=O)[C@H](CC(=O)O)NC(=O)[C@H](Cc2ccc(O)cc2)NC(=O)[C@H](Cc2ccccc2)NC(=O)CSC[C@@H](C(=O)NCC(N)=O)NC(=O)[C@H](CO)NC(=O)[C@H](C(C)C)NC1=O. The third-order valence-corrected chi connectivity index (χ3v) is 24.7. The Bertz CT molecular complexity index is 5490. The number of aromatic nitrogens is 1. The smallest absolute Gasteiger partial charge is 0.305 e. The first-order valence-electron chi connectivity index (χ1n) is 46.6. The number of phenols is 1. The maximum atomic E-state index is 15.6. The molecule has 1 aromatic heterocycles. The number of fused-ring (bicyclic) bond motifs is 1. The number of nitrogens with zero attached hydrogens (tertiary/aromatic N) is 2. The van der Waals surface area contributed by atoms with E-state index >= 15 is 43.2 Å². The molecule has 42 heteroatoms. The normalized spacial score (nSPS) is 22.6. The number of aliphatic hydroxyl groups excluding tert-OH is 1. The van der Waals surface area contributed by atoms with Crippen LogP contribution in [0.4, 0.5) is 0 Å².